The average Bonchev–Trinajstić information content (AvgIpc) is 2.96. The maximum atomic E-state index is 12.4. The van der Waals surface area contributed by atoms with Crippen molar-refractivity contribution in [2.24, 2.45) is 5.41 Å². The molecule has 0 aliphatic rings. The lowest BCUT2D eigenvalue weighted by Crippen LogP contribution is -2.38. The quantitative estimate of drug-likeness (QED) is 0.879. The van der Waals surface area contributed by atoms with E-state index in [1.807, 2.05) is 20.8 Å². The first kappa shape index (κ1) is 17.7. The van der Waals surface area contributed by atoms with E-state index < -0.39 is 5.41 Å². The predicted octanol–water partition coefficient (Wildman–Crippen LogP) is 4.46. The Morgan fingerprint density at radius 3 is 2.43 bits per heavy atom. The third-order valence-electron chi connectivity index (χ3n) is 3.78. The molecule has 0 spiro atoms. The Hall–Kier alpha value is -1.68. The van der Waals surface area contributed by atoms with E-state index in [-0.39, 0.29) is 11.9 Å². The normalized spacial score (nSPS) is 12.9. The van der Waals surface area contributed by atoms with E-state index in [2.05, 4.69) is 53.8 Å². The Labute approximate surface area is 143 Å². The second kappa shape index (κ2) is 7.26. The Morgan fingerprint density at radius 2 is 1.91 bits per heavy atom. The molecule has 0 saturated carbocycles. The lowest BCUT2D eigenvalue weighted by Gasteiger charge is -2.23. The number of hydrogen-bond donors (Lipinski definition) is 1. The largest absolute Gasteiger partial charge is 0.346 e. The zero-order valence-corrected chi connectivity index (χ0v) is 15.5. The molecule has 0 radical (unpaired) electrons. The van der Waals surface area contributed by atoms with Crippen LogP contribution in [0.2, 0.25) is 0 Å². The summed E-state index contributed by atoms with van der Waals surface area (Å²) >= 11 is 1.63. The number of amides is 1. The van der Waals surface area contributed by atoms with Gasteiger partial charge in [-0.25, -0.2) is 4.98 Å². The fraction of sp³-hybridized carbons (Fsp3) is 0.474. The fourth-order valence-corrected chi connectivity index (χ4v) is 3.13. The first-order valence-corrected chi connectivity index (χ1v) is 8.98. The molecule has 0 fully saturated rings. The van der Waals surface area contributed by atoms with E-state index in [1.54, 1.807) is 11.3 Å². The number of aromatic nitrogens is 1. The van der Waals surface area contributed by atoms with Crippen molar-refractivity contribution < 1.29 is 4.79 Å². The number of hydrogen-bond acceptors (Lipinski definition) is 3. The number of rotatable bonds is 5. The van der Waals surface area contributed by atoms with Crippen molar-refractivity contribution in [1.29, 1.82) is 0 Å². The zero-order chi connectivity index (χ0) is 17.0. The summed E-state index contributed by atoms with van der Waals surface area (Å²) in [6.45, 7) is 9.98. The number of benzene rings is 1. The predicted molar refractivity (Wildman–Crippen MR) is 96.7 cm³/mol. The van der Waals surface area contributed by atoms with Crippen molar-refractivity contribution in [3.8, 4) is 0 Å². The molecule has 0 saturated heterocycles. The van der Waals surface area contributed by atoms with E-state index in [0.717, 1.165) is 23.5 Å². The molecular formula is C19H26N2OS. The zero-order valence-electron chi connectivity index (χ0n) is 14.6. The molecule has 1 heterocycles. The van der Waals surface area contributed by atoms with Crippen LogP contribution in [0.4, 0.5) is 0 Å². The second-order valence-corrected chi connectivity index (χ2v) is 7.89. The van der Waals surface area contributed by atoms with Gasteiger partial charge >= 0.3 is 0 Å². The molecule has 0 aliphatic heterocycles. The molecule has 4 heteroatoms. The van der Waals surface area contributed by atoms with Crippen LogP contribution in [-0.4, -0.2) is 10.9 Å². The number of aryl methyl sites for hydroxylation is 2. The number of nitrogens with zero attached hydrogens (tertiary/aromatic N) is 1. The highest BCUT2D eigenvalue weighted by molar-refractivity contribution is 7.09. The summed E-state index contributed by atoms with van der Waals surface area (Å²) in [5.41, 5.74) is 3.13. The monoisotopic (exact) mass is 330 g/mol. The van der Waals surface area contributed by atoms with Gasteiger partial charge in [0.2, 0.25) is 5.91 Å². The van der Waals surface area contributed by atoms with Crippen LogP contribution >= 0.6 is 11.3 Å². The van der Waals surface area contributed by atoms with Crippen molar-refractivity contribution in [1.82, 2.24) is 10.3 Å². The minimum atomic E-state index is -0.406. The van der Waals surface area contributed by atoms with Gasteiger partial charge in [-0.05, 0) is 25.3 Å². The number of nitrogens with one attached hydrogen (secondary N) is 1. The molecule has 2 rings (SSSR count). The molecule has 1 atom stereocenters. The van der Waals surface area contributed by atoms with Crippen LogP contribution in [0.3, 0.4) is 0 Å². The van der Waals surface area contributed by atoms with Crippen LogP contribution in [0.15, 0.2) is 29.6 Å². The lowest BCUT2D eigenvalue weighted by atomic mass is 9.94. The van der Waals surface area contributed by atoms with E-state index >= 15 is 0 Å². The summed E-state index contributed by atoms with van der Waals surface area (Å²) < 4.78 is 0. The summed E-state index contributed by atoms with van der Waals surface area (Å²) in [6.07, 6.45) is 1.68. The van der Waals surface area contributed by atoms with Crippen molar-refractivity contribution in [3.63, 3.8) is 0 Å². The molecule has 124 valence electrons. The Kier molecular flexibility index (Phi) is 5.58. The lowest BCUT2D eigenvalue weighted by molar-refractivity contribution is -0.129. The minimum Gasteiger partial charge on any atom is -0.346 e. The summed E-state index contributed by atoms with van der Waals surface area (Å²) in [5.74, 6) is 0.0582. The van der Waals surface area contributed by atoms with Gasteiger partial charge in [0.05, 0.1) is 11.7 Å². The third kappa shape index (κ3) is 4.90. The topological polar surface area (TPSA) is 42.0 Å². The average molecular weight is 330 g/mol. The van der Waals surface area contributed by atoms with Gasteiger partial charge in [-0.15, -0.1) is 11.3 Å². The molecule has 0 unspecified atom stereocenters. The van der Waals surface area contributed by atoms with Crippen LogP contribution < -0.4 is 5.32 Å². The fourth-order valence-electron chi connectivity index (χ4n) is 2.18. The van der Waals surface area contributed by atoms with E-state index in [4.69, 9.17) is 0 Å². The smallest absolute Gasteiger partial charge is 0.225 e. The molecule has 0 bridgehead atoms. The Morgan fingerprint density at radius 1 is 1.26 bits per heavy atom. The van der Waals surface area contributed by atoms with Gasteiger partial charge < -0.3 is 5.32 Å². The van der Waals surface area contributed by atoms with Gasteiger partial charge in [-0.3, -0.25) is 4.79 Å². The molecule has 1 N–H and O–H groups in total. The van der Waals surface area contributed by atoms with Crippen LogP contribution in [0, 0.1) is 12.3 Å². The van der Waals surface area contributed by atoms with Crippen LogP contribution in [0.5, 0.6) is 0 Å². The van der Waals surface area contributed by atoms with Gasteiger partial charge in [-0.2, -0.15) is 0 Å². The first-order chi connectivity index (χ1) is 10.8. The Bertz CT molecular complexity index is 653. The van der Waals surface area contributed by atoms with Gasteiger partial charge in [0, 0.05) is 10.8 Å². The molecule has 0 aliphatic carbocycles. The number of carbonyl (C=O) groups excluding carboxylic acids is 1. The van der Waals surface area contributed by atoms with Crippen molar-refractivity contribution in [2.75, 3.05) is 0 Å². The second-order valence-electron chi connectivity index (χ2n) is 7.00. The molecule has 1 aromatic carbocycles. The molecular weight excluding hydrogens is 304 g/mol. The van der Waals surface area contributed by atoms with Crippen LogP contribution in [0.25, 0.3) is 0 Å². The van der Waals surface area contributed by atoms with Crippen molar-refractivity contribution in [2.45, 2.75) is 53.5 Å². The summed E-state index contributed by atoms with van der Waals surface area (Å²) in [4.78, 5) is 17.1. The maximum Gasteiger partial charge on any atom is 0.225 e. The third-order valence-corrected chi connectivity index (χ3v) is 4.78. The van der Waals surface area contributed by atoms with Crippen LogP contribution in [0.1, 0.15) is 55.6 Å². The highest BCUT2D eigenvalue weighted by atomic mass is 32.1. The van der Waals surface area contributed by atoms with E-state index in [1.165, 1.54) is 11.1 Å². The van der Waals surface area contributed by atoms with Gasteiger partial charge in [0.15, 0.2) is 0 Å². The maximum absolute atomic E-state index is 12.4. The standard InChI is InChI=1S/C19H26N2OS/c1-6-15-12-23-17(20-15)16(21-18(22)19(3,4)5)11-14-9-7-13(2)8-10-14/h7-10,12,16H,6,11H2,1-5H3,(H,21,22)/t16-/m0/s1. The number of carbonyl (C=O) groups is 1. The summed E-state index contributed by atoms with van der Waals surface area (Å²) in [6, 6.07) is 8.39. The minimum absolute atomic E-state index is 0.0582. The molecule has 23 heavy (non-hydrogen) atoms. The summed E-state index contributed by atoms with van der Waals surface area (Å²) in [5, 5.41) is 6.25. The van der Waals surface area contributed by atoms with Gasteiger partial charge in [-0.1, -0.05) is 57.5 Å². The van der Waals surface area contributed by atoms with Gasteiger partial charge in [0.1, 0.15) is 5.01 Å². The van der Waals surface area contributed by atoms with Crippen molar-refractivity contribution >= 4 is 17.2 Å². The highest BCUT2D eigenvalue weighted by Crippen LogP contribution is 2.25. The van der Waals surface area contributed by atoms with E-state index in [0.29, 0.717) is 0 Å². The van der Waals surface area contributed by atoms with E-state index in [9.17, 15) is 4.79 Å². The van der Waals surface area contributed by atoms with Gasteiger partial charge in [0.25, 0.3) is 0 Å². The molecule has 1 aromatic heterocycles. The molecule has 2 aromatic rings. The molecule has 3 nitrogen and oxygen atoms in total. The molecule has 1 amide bonds. The highest BCUT2D eigenvalue weighted by Gasteiger charge is 2.26. The summed E-state index contributed by atoms with van der Waals surface area (Å²) in [7, 11) is 0. The SMILES string of the molecule is CCc1csc([C@H](Cc2ccc(C)cc2)NC(=O)C(C)(C)C)n1. The first-order valence-electron chi connectivity index (χ1n) is 8.10. The Balaban J connectivity index is 2.23. The van der Waals surface area contributed by atoms with Crippen LogP contribution in [-0.2, 0) is 17.6 Å². The van der Waals surface area contributed by atoms with Crippen molar-refractivity contribution in [3.05, 3.63) is 51.5 Å². The number of thiazole rings is 1.